The van der Waals surface area contributed by atoms with Crippen LogP contribution in [-0.4, -0.2) is 71.1 Å². The van der Waals surface area contributed by atoms with Crippen LogP contribution in [0.4, 0.5) is 0 Å². The smallest absolute Gasteiger partial charge is 0.341 e. The number of rotatable bonds is 0. The lowest BCUT2D eigenvalue weighted by atomic mass is 9.82. The summed E-state index contributed by atoms with van der Waals surface area (Å²) in [6, 6.07) is -0.0512. The fourth-order valence-corrected chi connectivity index (χ4v) is 4.31. The number of hydrogen-bond donors (Lipinski definition) is 1. The zero-order valence-electron chi connectivity index (χ0n) is 14.9. The lowest BCUT2D eigenvalue weighted by molar-refractivity contribution is -0.172. The normalized spacial score (nSPS) is 47.4. The minimum Gasteiger partial charge on any atom is -0.459 e. The van der Waals surface area contributed by atoms with Crippen molar-refractivity contribution in [3.63, 3.8) is 0 Å². The molecule has 4 aliphatic rings. The molecule has 0 bridgehead atoms. The summed E-state index contributed by atoms with van der Waals surface area (Å²) in [5, 5.41) is 10.7. The third kappa shape index (κ3) is 2.52. The molecule has 0 aromatic carbocycles. The van der Waals surface area contributed by atoms with E-state index in [9.17, 15) is 14.7 Å². The molecule has 3 fully saturated rings. The van der Waals surface area contributed by atoms with Gasteiger partial charge in [0.2, 0.25) is 0 Å². The van der Waals surface area contributed by atoms with Gasteiger partial charge in [0.1, 0.15) is 12.7 Å². The highest BCUT2D eigenvalue weighted by Gasteiger charge is 2.64. The van der Waals surface area contributed by atoms with Crippen molar-refractivity contribution in [1.82, 2.24) is 4.90 Å². The monoisotopic (exact) mass is 351 g/mol. The Morgan fingerprint density at radius 3 is 2.68 bits per heavy atom. The van der Waals surface area contributed by atoms with Gasteiger partial charge in [0.05, 0.1) is 12.1 Å². The number of epoxide rings is 1. The molecule has 0 aromatic heterocycles. The SMILES string of the molecule is CC1C[C@@]2(OC2C)C(=O)OC2CCN3CC=C(COC(=O)C1(C)O)C23. The first kappa shape index (κ1) is 17.0. The van der Waals surface area contributed by atoms with Crippen molar-refractivity contribution in [2.75, 3.05) is 19.7 Å². The highest BCUT2D eigenvalue weighted by molar-refractivity contribution is 5.84. The van der Waals surface area contributed by atoms with E-state index < -0.39 is 23.1 Å². The van der Waals surface area contributed by atoms with E-state index >= 15 is 0 Å². The summed E-state index contributed by atoms with van der Waals surface area (Å²) >= 11 is 0. The molecule has 1 N–H and O–H groups in total. The first-order chi connectivity index (χ1) is 11.8. The molecule has 0 amide bonds. The topological polar surface area (TPSA) is 88.6 Å². The number of carbonyl (C=O) groups excluding carboxylic acids is 2. The minimum absolute atomic E-state index is 0.0512. The van der Waals surface area contributed by atoms with Crippen molar-refractivity contribution < 1.29 is 28.9 Å². The van der Waals surface area contributed by atoms with E-state index in [4.69, 9.17) is 14.2 Å². The molecular weight excluding hydrogens is 326 g/mol. The zero-order chi connectivity index (χ0) is 18.0. The van der Waals surface area contributed by atoms with Crippen molar-refractivity contribution in [1.29, 1.82) is 0 Å². The lowest BCUT2D eigenvalue weighted by Crippen LogP contribution is -2.48. The first-order valence-corrected chi connectivity index (χ1v) is 8.97. The molecule has 1 spiro atoms. The van der Waals surface area contributed by atoms with Gasteiger partial charge in [-0.25, -0.2) is 9.59 Å². The van der Waals surface area contributed by atoms with Crippen molar-refractivity contribution in [3.05, 3.63) is 11.6 Å². The summed E-state index contributed by atoms with van der Waals surface area (Å²) in [6.45, 7) is 6.70. The van der Waals surface area contributed by atoms with Crippen LogP contribution in [0.25, 0.3) is 0 Å². The third-order valence-corrected chi connectivity index (χ3v) is 6.36. The van der Waals surface area contributed by atoms with Crippen LogP contribution in [0.2, 0.25) is 0 Å². The molecule has 0 radical (unpaired) electrons. The zero-order valence-corrected chi connectivity index (χ0v) is 14.9. The highest BCUT2D eigenvalue weighted by Crippen LogP contribution is 2.46. The van der Waals surface area contributed by atoms with Gasteiger partial charge in [-0.05, 0) is 38.2 Å². The summed E-state index contributed by atoms with van der Waals surface area (Å²) < 4.78 is 16.9. The van der Waals surface area contributed by atoms with E-state index in [2.05, 4.69) is 4.90 Å². The maximum atomic E-state index is 12.9. The Balaban J connectivity index is 1.66. The highest BCUT2D eigenvalue weighted by atomic mass is 16.7. The van der Waals surface area contributed by atoms with Crippen LogP contribution in [-0.2, 0) is 23.8 Å². The summed E-state index contributed by atoms with van der Waals surface area (Å²) in [5.41, 5.74) is -1.82. The predicted molar refractivity (Wildman–Crippen MR) is 86.6 cm³/mol. The number of cyclic esters (lactones) is 1. The standard InChI is InChI=1S/C18H25NO6/c1-10-8-18(11(2)25-18)16(21)24-13-5-7-19-6-4-12(14(13)19)9-23-15(20)17(10,3)22/h4,10-11,13-14,22H,5-9H2,1-3H3/t10?,11?,13?,14?,17?,18-/m0/s1. The second kappa shape index (κ2) is 5.53. The Hall–Kier alpha value is -1.44. The summed E-state index contributed by atoms with van der Waals surface area (Å²) in [7, 11) is 0. The Morgan fingerprint density at radius 2 is 2.00 bits per heavy atom. The quantitative estimate of drug-likeness (QED) is 0.384. The van der Waals surface area contributed by atoms with Crippen molar-refractivity contribution in [3.8, 4) is 0 Å². The predicted octanol–water partition coefficient (Wildman–Crippen LogP) is 0.404. The minimum atomic E-state index is -1.69. The van der Waals surface area contributed by atoms with E-state index in [1.165, 1.54) is 6.92 Å². The van der Waals surface area contributed by atoms with E-state index in [0.29, 0.717) is 0 Å². The summed E-state index contributed by atoms with van der Waals surface area (Å²) in [4.78, 5) is 27.5. The molecule has 138 valence electrons. The average Bonchev–Trinajstić information content (AvgIpc) is 2.91. The van der Waals surface area contributed by atoms with Crippen LogP contribution in [0.15, 0.2) is 11.6 Å². The fourth-order valence-electron chi connectivity index (χ4n) is 4.31. The molecule has 4 aliphatic heterocycles. The Bertz CT molecular complexity index is 643. The van der Waals surface area contributed by atoms with Crippen LogP contribution in [0.1, 0.15) is 33.6 Å². The lowest BCUT2D eigenvalue weighted by Gasteiger charge is -2.32. The van der Waals surface area contributed by atoms with Crippen LogP contribution in [0, 0.1) is 5.92 Å². The van der Waals surface area contributed by atoms with Gasteiger partial charge < -0.3 is 19.3 Å². The molecule has 0 aliphatic carbocycles. The Kier molecular flexibility index (Phi) is 3.76. The molecule has 25 heavy (non-hydrogen) atoms. The van der Waals surface area contributed by atoms with Gasteiger partial charge in [0, 0.05) is 13.1 Å². The van der Waals surface area contributed by atoms with Gasteiger partial charge in [-0.3, -0.25) is 4.90 Å². The second-order valence-electron chi connectivity index (χ2n) is 7.93. The van der Waals surface area contributed by atoms with Gasteiger partial charge in [-0.1, -0.05) is 13.0 Å². The maximum absolute atomic E-state index is 12.9. The third-order valence-electron chi connectivity index (χ3n) is 6.36. The van der Waals surface area contributed by atoms with Crippen LogP contribution >= 0.6 is 0 Å². The Labute approximate surface area is 146 Å². The fraction of sp³-hybridized carbons (Fsp3) is 0.778. The van der Waals surface area contributed by atoms with Crippen LogP contribution in [0.5, 0.6) is 0 Å². The van der Waals surface area contributed by atoms with Crippen molar-refractivity contribution in [2.45, 2.75) is 63.1 Å². The van der Waals surface area contributed by atoms with E-state index in [0.717, 1.165) is 25.1 Å². The van der Waals surface area contributed by atoms with Gasteiger partial charge in [0.15, 0.2) is 11.2 Å². The first-order valence-electron chi connectivity index (χ1n) is 8.97. The number of nitrogens with zero attached hydrogens (tertiary/aromatic N) is 1. The largest absolute Gasteiger partial charge is 0.459 e. The molecule has 4 heterocycles. The van der Waals surface area contributed by atoms with Crippen molar-refractivity contribution >= 4 is 11.9 Å². The molecule has 7 nitrogen and oxygen atoms in total. The van der Waals surface area contributed by atoms with E-state index in [1.54, 1.807) is 6.92 Å². The summed E-state index contributed by atoms with van der Waals surface area (Å²) in [5.74, 6) is -1.55. The molecule has 5 unspecified atom stereocenters. The molecule has 4 rings (SSSR count). The number of hydrogen-bond acceptors (Lipinski definition) is 7. The van der Waals surface area contributed by atoms with Gasteiger partial charge in [-0.2, -0.15) is 0 Å². The van der Waals surface area contributed by atoms with E-state index in [-0.39, 0.29) is 37.2 Å². The Morgan fingerprint density at radius 1 is 1.28 bits per heavy atom. The van der Waals surface area contributed by atoms with Crippen molar-refractivity contribution in [2.24, 2.45) is 5.92 Å². The number of esters is 2. The molecule has 0 saturated carbocycles. The number of carbonyl (C=O) groups is 2. The van der Waals surface area contributed by atoms with Gasteiger partial charge >= 0.3 is 11.9 Å². The van der Waals surface area contributed by atoms with Gasteiger partial charge in [0.25, 0.3) is 0 Å². The second-order valence-corrected chi connectivity index (χ2v) is 7.93. The molecule has 7 heteroatoms. The van der Waals surface area contributed by atoms with Crippen LogP contribution < -0.4 is 0 Å². The summed E-state index contributed by atoms with van der Waals surface area (Å²) in [6.07, 6.45) is 2.48. The van der Waals surface area contributed by atoms with Crippen LogP contribution in [0.3, 0.4) is 0 Å². The molecule has 3 saturated heterocycles. The molecule has 0 aromatic rings. The number of ether oxygens (including phenoxy) is 3. The average molecular weight is 351 g/mol. The maximum Gasteiger partial charge on any atom is 0.341 e. The van der Waals surface area contributed by atoms with E-state index in [1.807, 2.05) is 13.0 Å². The molecule has 6 atom stereocenters. The van der Waals surface area contributed by atoms with Gasteiger partial charge in [-0.15, -0.1) is 0 Å². The molecular formula is C18H25NO6. The number of aliphatic hydroxyl groups is 1.